The Morgan fingerprint density at radius 2 is 2.33 bits per heavy atom. The van der Waals surface area contributed by atoms with Crippen molar-refractivity contribution in [2.75, 3.05) is 11.9 Å². The third-order valence-electron chi connectivity index (χ3n) is 3.46. The molecule has 0 saturated carbocycles. The molecule has 1 fully saturated rings. The van der Waals surface area contributed by atoms with Gasteiger partial charge in [-0.05, 0) is 31.5 Å². The van der Waals surface area contributed by atoms with E-state index in [4.69, 9.17) is 9.15 Å². The molecular formula is C14H18N2O2. The van der Waals surface area contributed by atoms with E-state index >= 15 is 0 Å². The molecule has 1 aliphatic heterocycles. The van der Waals surface area contributed by atoms with Gasteiger partial charge in [0.25, 0.3) is 0 Å². The zero-order chi connectivity index (χ0) is 12.5. The van der Waals surface area contributed by atoms with Crippen LogP contribution in [0.3, 0.4) is 0 Å². The molecule has 1 aromatic heterocycles. The van der Waals surface area contributed by atoms with Crippen LogP contribution < -0.4 is 5.32 Å². The van der Waals surface area contributed by atoms with E-state index in [0.717, 1.165) is 42.1 Å². The van der Waals surface area contributed by atoms with Gasteiger partial charge >= 0.3 is 0 Å². The lowest BCUT2D eigenvalue weighted by atomic mass is 10.1. The van der Waals surface area contributed by atoms with Gasteiger partial charge in [0, 0.05) is 18.7 Å². The summed E-state index contributed by atoms with van der Waals surface area (Å²) in [4.78, 5) is 4.45. The number of nitrogens with one attached hydrogen (secondary N) is 1. The predicted octanol–water partition coefficient (Wildman–Crippen LogP) is 2.98. The molecule has 96 valence electrons. The van der Waals surface area contributed by atoms with Gasteiger partial charge in [0.15, 0.2) is 11.5 Å². The second-order valence-electron chi connectivity index (χ2n) is 4.76. The molecule has 0 amide bonds. The van der Waals surface area contributed by atoms with Crippen LogP contribution in [0.4, 0.5) is 5.69 Å². The van der Waals surface area contributed by atoms with E-state index in [9.17, 15) is 0 Å². The van der Waals surface area contributed by atoms with Crippen molar-refractivity contribution in [3.63, 3.8) is 0 Å². The smallest absolute Gasteiger partial charge is 0.195 e. The third-order valence-corrected chi connectivity index (χ3v) is 3.46. The van der Waals surface area contributed by atoms with Crippen molar-refractivity contribution in [1.82, 2.24) is 4.98 Å². The maximum absolute atomic E-state index is 5.60. The van der Waals surface area contributed by atoms with E-state index in [1.807, 2.05) is 25.1 Å². The van der Waals surface area contributed by atoms with Gasteiger partial charge in [0.05, 0.1) is 12.1 Å². The summed E-state index contributed by atoms with van der Waals surface area (Å²) in [5.41, 5.74) is 2.86. The summed E-state index contributed by atoms with van der Waals surface area (Å²) in [5.74, 6) is 0.791. The molecule has 4 nitrogen and oxygen atoms in total. The molecule has 0 aliphatic carbocycles. The molecule has 1 saturated heterocycles. The maximum atomic E-state index is 5.60. The van der Waals surface area contributed by atoms with Gasteiger partial charge in [-0.1, -0.05) is 6.92 Å². The summed E-state index contributed by atoms with van der Waals surface area (Å²) in [6.45, 7) is 4.99. The van der Waals surface area contributed by atoms with E-state index in [0.29, 0.717) is 6.04 Å². The Balaban J connectivity index is 1.84. The predicted molar refractivity (Wildman–Crippen MR) is 70.8 cm³/mol. The molecular weight excluding hydrogens is 228 g/mol. The normalized spacial score (nSPS) is 23.7. The van der Waals surface area contributed by atoms with Gasteiger partial charge in [0.1, 0.15) is 5.52 Å². The molecule has 18 heavy (non-hydrogen) atoms. The number of nitrogens with zero attached hydrogens (tertiary/aromatic N) is 1. The summed E-state index contributed by atoms with van der Waals surface area (Å²) < 4.78 is 11.1. The molecule has 2 heterocycles. The standard InChI is InChI=1S/C14H18N2O2/c1-3-14-16-12-8-10(4-5-13(12)18-14)15-11-6-7-17-9(11)2/h4-5,8-9,11,15H,3,6-7H2,1-2H3. The Kier molecular flexibility index (Phi) is 2.96. The fourth-order valence-corrected chi connectivity index (χ4v) is 2.35. The largest absolute Gasteiger partial charge is 0.441 e. The maximum Gasteiger partial charge on any atom is 0.195 e. The molecule has 3 rings (SSSR count). The first kappa shape index (κ1) is 11.5. The van der Waals surface area contributed by atoms with E-state index in [1.54, 1.807) is 0 Å². The zero-order valence-electron chi connectivity index (χ0n) is 10.8. The summed E-state index contributed by atoms with van der Waals surface area (Å²) in [5, 5.41) is 3.50. The molecule has 1 aliphatic rings. The summed E-state index contributed by atoms with van der Waals surface area (Å²) in [6.07, 6.45) is 2.15. The highest BCUT2D eigenvalue weighted by molar-refractivity contribution is 5.77. The van der Waals surface area contributed by atoms with Gasteiger partial charge in [-0.25, -0.2) is 4.98 Å². The Bertz CT molecular complexity index is 550. The number of ether oxygens (including phenoxy) is 1. The van der Waals surface area contributed by atoms with Crippen molar-refractivity contribution in [3.8, 4) is 0 Å². The van der Waals surface area contributed by atoms with Crippen LogP contribution >= 0.6 is 0 Å². The van der Waals surface area contributed by atoms with Crippen LogP contribution in [0.15, 0.2) is 22.6 Å². The van der Waals surface area contributed by atoms with Gasteiger partial charge in [-0.3, -0.25) is 0 Å². The summed E-state index contributed by atoms with van der Waals surface area (Å²) in [6, 6.07) is 6.45. The van der Waals surface area contributed by atoms with Gasteiger partial charge in [0.2, 0.25) is 0 Å². The van der Waals surface area contributed by atoms with Crippen molar-refractivity contribution < 1.29 is 9.15 Å². The number of oxazole rings is 1. The monoisotopic (exact) mass is 246 g/mol. The average molecular weight is 246 g/mol. The minimum Gasteiger partial charge on any atom is -0.441 e. The highest BCUT2D eigenvalue weighted by atomic mass is 16.5. The van der Waals surface area contributed by atoms with E-state index in [1.165, 1.54) is 0 Å². The highest BCUT2D eigenvalue weighted by Crippen LogP contribution is 2.23. The molecule has 2 unspecified atom stereocenters. The van der Waals surface area contributed by atoms with Crippen molar-refractivity contribution in [2.24, 2.45) is 0 Å². The lowest BCUT2D eigenvalue weighted by molar-refractivity contribution is 0.121. The van der Waals surface area contributed by atoms with Crippen LogP contribution in [-0.2, 0) is 11.2 Å². The third kappa shape index (κ3) is 2.08. The highest BCUT2D eigenvalue weighted by Gasteiger charge is 2.23. The molecule has 0 bridgehead atoms. The van der Waals surface area contributed by atoms with Crippen molar-refractivity contribution >= 4 is 16.8 Å². The van der Waals surface area contributed by atoms with E-state index < -0.39 is 0 Å². The topological polar surface area (TPSA) is 47.3 Å². The lowest BCUT2D eigenvalue weighted by Crippen LogP contribution is -2.26. The van der Waals surface area contributed by atoms with Crippen molar-refractivity contribution in [3.05, 3.63) is 24.1 Å². The molecule has 4 heteroatoms. The first-order valence-electron chi connectivity index (χ1n) is 6.54. The van der Waals surface area contributed by atoms with Crippen LogP contribution in [0.2, 0.25) is 0 Å². The minimum absolute atomic E-state index is 0.268. The Morgan fingerprint density at radius 3 is 3.06 bits per heavy atom. The van der Waals surface area contributed by atoms with Gasteiger partial charge in [-0.2, -0.15) is 0 Å². The molecule has 1 N–H and O–H groups in total. The van der Waals surface area contributed by atoms with Crippen molar-refractivity contribution in [1.29, 1.82) is 0 Å². The number of rotatable bonds is 3. The number of aryl methyl sites for hydroxylation is 1. The number of anilines is 1. The average Bonchev–Trinajstić information content (AvgIpc) is 2.95. The molecule has 2 aromatic rings. The van der Waals surface area contributed by atoms with E-state index in [-0.39, 0.29) is 6.10 Å². The number of hydrogen-bond donors (Lipinski definition) is 1. The molecule has 1 aromatic carbocycles. The Labute approximate surface area is 106 Å². The summed E-state index contributed by atoms with van der Waals surface area (Å²) >= 11 is 0. The molecule has 2 atom stereocenters. The summed E-state index contributed by atoms with van der Waals surface area (Å²) in [7, 11) is 0. The second-order valence-corrected chi connectivity index (χ2v) is 4.76. The number of benzene rings is 1. The van der Waals surface area contributed by atoms with E-state index in [2.05, 4.69) is 17.2 Å². The van der Waals surface area contributed by atoms with Crippen LogP contribution in [0.5, 0.6) is 0 Å². The van der Waals surface area contributed by atoms with Gasteiger partial charge < -0.3 is 14.5 Å². The fraction of sp³-hybridized carbons (Fsp3) is 0.500. The minimum atomic E-state index is 0.268. The fourth-order valence-electron chi connectivity index (χ4n) is 2.35. The first-order chi connectivity index (χ1) is 8.76. The first-order valence-corrected chi connectivity index (χ1v) is 6.54. The second kappa shape index (κ2) is 4.61. The number of hydrogen-bond acceptors (Lipinski definition) is 4. The number of fused-ring (bicyclic) bond motifs is 1. The Morgan fingerprint density at radius 1 is 1.44 bits per heavy atom. The van der Waals surface area contributed by atoms with Gasteiger partial charge in [-0.15, -0.1) is 0 Å². The zero-order valence-corrected chi connectivity index (χ0v) is 10.8. The Hall–Kier alpha value is -1.55. The van der Waals surface area contributed by atoms with Crippen LogP contribution in [-0.4, -0.2) is 23.7 Å². The van der Waals surface area contributed by atoms with Crippen molar-refractivity contribution in [2.45, 2.75) is 38.8 Å². The van der Waals surface area contributed by atoms with Crippen LogP contribution in [0.1, 0.15) is 26.2 Å². The van der Waals surface area contributed by atoms with Crippen LogP contribution in [0, 0.1) is 0 Å². The quantitative estimate of drug-likeness (QED) is 0.904. The molecule has 0 spiro atoms. The number of aromatic nitrogens is 1. The van der Waals surface area contributed by atoms with Crippen LogP contribution in [0.25, 0.3) is 11.1 Å². The molecule has 0 radical (unpaired) electrons. The SMILES string of the molecule is CCc1nc2cc(NC3CCOC3C)ccc2o1. The lowest BCUT2D eigenvalue weighted by Gasteiger charge is -2.17.